The molecule has 3 N–H and O–H groups in total. The summed E-state index contributed by atoms with van der Waals surface area (Å²) in [5, 5.41) is 19.1. The molecular weight excluding hydrogens is 220 g/mol. The lowest BCUT2D eigenvalue weighted by atomic mass is 9.86. The summed E-state index contributed by atoms with van der Waals surface area (Å²) in [6.07, 6.45) is 0.690. The van der Waals surface area contributed by atoms with E-state index in [1.165, 1.54) is 0 Å². The van der Waals surface area contributed by atoms with Crippen LogP contribution in [0.3, 0.4) is 0 Å². The van der Waals surface area contributed by atoms with Crippen molar-refractivity contribution in [2.24, 2.45) is 0 Å². The molecule has 17 heavy (non-hydrogen) atoms. The van der Waals surface area contributed by atoms with E-state index in [1.54, 1.807) is 27.7 Å². The first-order valence-electron chi connectivity index (χ1n) is 5.63. The van der Waals surface area contributed by atoms with E-state index < -0.39 is 17.0 Å². The SMILES string of the molecule is CCc1nc(C(=O)NC(C)(C)C(C)(C)O)n[nH]1. The van der Waals surface area contributed by atoms with Crippen LogP contribution >= 0.6 is 0 Å². The van der Waals surface area contributed by atoms with Gasteiger partial charge in [0.15, 0.2) is 0 Å². The first-order chi connectivity index (χ1) is 7.67. The van der Waals surface area contributed by atoms with Gasteiger partial charge in [0.1, 0.15) is 5.82 Å². The molecule has 1 aromatic rings. The molecule has 0 aliphatic carbocycles. The zero-order valence-electron chi connectivity index (χ0n) is 11.0. The van der Waals surface area contributed by atoms with E-state index in [2.05, 4.69) is 20.5 Å². The van der Waals surface area contributed by atoms with Gasteiger partial charge in [0.2, 0.25) is 5.82 Å². The number of nitrogens with one attached hydrogen (secondary N) is 2. The fourth-order valence-corrected chi connectivity index (χ4v) is 1.05. The summed E-state index contributed by atoms with van der Waals surface area (Å²) < 4.78 is 0. The maximum Gasteiger partial charge on any atom is 0.291 e. The fraction of sp³-hybridized carbons (Fsp3) is 0.727. The van der Waals surface area contributed by atoms with Crippen molar-refractivity contribution in [2.75, 3.05) is 0 Å². The zero-order valence-corrected chi connectivity index (χ0v) is 11.0. The molecular formula is C11H20N4O2. The van der Waals surface area contributed by atoms with Crippen LogP contribution in [0.4, 0.5) is 0 Å². The molecule has 0 spiro atoms. The van der Waals surface area contributed by atoms with Gasteiger partial charge >= 0.3 is 0 Å². The summed E-state index contributed by atoms with van der Waals surface area (Å²) in [6.45, 7) is 8.70. The highest BCUT2D eigenvalue weighted by molar-refractivity contribution is 5.90. The van der Waals surface area contributed by atoms with Crippen molar-refractivity contribution in [3.8, 4) is 0 Å². The molecule has 1 heterocycles. The molecule has 6 heteroatoms. The summed E-state index contributed by atoms with van der Waals surface area (Å²) in [5.41, 5.74) is -1.80. The van der Waals surface area contributed by atoms with Gasteiger partial charge in [0, 0.05) is 6.42 Å². The van der Waals surface area contributed by atoms with E-state index in [0.29, 0.717) is 12.2 Å². The number of rotatable bonds is 4. The number of H-pyrrole nitrogens is 1. The van der Waals surface area contributed by atoms with Gasteiger partial charge in [-0.05, 0) is 27.7 Å². The largest absolute Gasteiger partial charge is 0.388 e. The van der Waals surface area contributed by atoms with Gasteiger partial charge in [-0.25, -0.2) is 4.98 Å². The summed E-state index contributed by atoms with van der Waals surface area (Å²) >= 11 is 0. The standard InChI is InChI=1S/C11H20N4O2/c1-6-7-12-8(15-14-7)9(16)13-10(2,3)11(4,5)17/h17H,6H2,1-5H3,(H,13,16)(H,12,14,15). The number of aromatic nitrogens is 3. The van der Waals surface area contributed by atoms with Crippen LogP contribution < -0.4 is 5.32 Å². The third kappa shape index (κ3) is 3.03. The number of amides is 1. The fourth-order valence-electron chi connectivity index (χ4n) is 1.05. The van der Waals surface area contributed by atoms with Crippen LogP contribution in [0, 0.1) is 0 Å². The van der Waals surface area contributed by atoms with E-state index >= 15 is 0 Å². The first-order valence-corrected chi connectivity index (χ1v) is 5.63. The summed E-state index contributed by atoms with van der Waals surface area (Å²) in [6, 6.07) is 0. The quantitative estimate of drug-likeness (QED) is 0.720. The molecule has 0 bridgehead atoms. The number of nitrogens with zero attached hydrogens (tertiary/aromatic N) is 2. The van der Waals surface area contributed by atoms with Crippen molar-refractivity contribution >= 4 is 5.91 Å². The molecule has 0 aliphatic rings. The number of aliphatic hydroxyl groups is 1. The van der Waals surface area contributed by atoms with Gasteiger partial charge in [0.05, 0.1) is 11.1 Å². The van der Waals surface area contributed by atoms with Crippen LogP contribution in [0.5, 0.6) is 0 Å². The van der Waals surface area contributed by atoms with Crippen LogP contribution in [0.2, 0.25) is 0 Å². The summed E-state index contributed by atoms with van der Waals surface area (Å²) in [4.78, 5) is 15.9. The number of hydrogen-bond donors (Lipinski definition) is 3. The lowest BCUT2D eigenvalue weighted by Crippen LogP contribution is -2.57. The van der Waals surface area contributed by atoms with Crippen molar-refractivity contribution < 1.29 is 9.90 Å². The summed E-state index contributed by atoms with van der Waals surface area (Å²) in [7, 11) is 0. The van der Waals surface area contributed by atoms with Gasteiger partial charge in [-0.2, -0.15) is 0 Å². The zero-order chi connectivity index (χ0) is 13.3. The number of carbonyl (C=O) groups excluding carboxylic acids is 1. The molecule has 0 aliphatic heterocycles. The van der Waals surface area contributed by atoms with E-state index in [0.717, 1.165) is 0 Å². The van der Waals surface area contributed by atoms with Crippen LogP contribution in [0.25, 0.3) is 0 Å². The van der Waals surface area contributed by atoms with Gasteiger partial charge in [0.25, 0.3) is 5.91 Å². The lowest BCUT2D eigenvalue weighted by Gasteiger charge is -2.37. The molecule has 1 aromatic heterocycles. The molecule has 0 unspecified atom stereocenters. The topological polar surface area (TPSA) is 90.9 Å². The molecule has 0 aromatic carbocycles. The number of aromatic amines is 1. The second-order valence-corrected chi connectivity index (χ2v) is 5.10. The summed E-state index contributed by atoms with van der Waals surface area (Å²) in [5.74, 6) is 0.364. The van der Waals surface area contributed by atoms with Crippen LogP contribution in [-0.2, 0) is 6.42 Å². The molecule has 6 nitrogen and oxygen atoms in total. The van der Waals surface area contributed by atoms with Gasteiger partial charge in [-0.3, -0.25) is 9.89 Å². The average Bonchev–Trinajstić information content (AvgIpc) is 2.63. The molecule has 0 fully saturated rings. The van der Waals surface area contributed by atoms with Crippen molar-refractivity contribution in [2.45, 2.75) is 52.2 Å². The van der Waals surface area contributed by atoms with Crippen LogP contribution in [-0.4, -0.2) is 37.3 Å². The predicted octanol–water partition coefficient (Wildman–Crippen LogP) is 0.646. The van der Waals surface area contributed by atoms with Crippen LogP contribution in [0.1, 0.15) is 51.1 Å². The first kappa shape index (κ1) is 13.6. The third-order valence-corrected chi connectivity index (χ3v) is 3.03. The van der Waals surface area contributed by atoms with Crippen LogP contribution in [0.15, 0.2) is 0 Å². The smallest absolute Gasteiger partial charge is 0.291 e. The minimum absolute atomic E-state index is 0.0965. The van der Waals surface area contributed by atoms with Crippen molar-refractivity contribution in [3.63, 3.8) is 0 Å². The van der Waals surface area contributed by atoms with Gasteiger partial charge < -0.3 is 10.4 Å². The second kappa shape index (κ2) is 4.44. The molecule has 1 amide bonds. The Balaban J connectivity index is 2.79. The monoisotopic (exact) mass is 240 g/mol. The Bertz CT molecular complexity index is 404. The Labute approximate surface area is 101 Å². The minimum atomic E-state index is -1.04. The normalized spacial score (nSPS) is 12.6. The highest BCUT2D eigenvalue weighted by atomic mass is 16.3. The van der Waals surface area contributed by atoms with Crippen molar-refractivity contribution in [1.29, 1.82) is 0 Å². The predicted molar refractivity (Wildman–Crippen MR) is 63.6 cm³/mol. The molecule has 0 saturated heterocycles. The average molecular weight is 240 g/mol. The maximum atomic E-state index is 11.9. The Morgan fingerprint density at radius 1 is 1.41 bits per heavy atom. The molecule has 96 valence electrons. The van der Waals surface area contributed by atoms with Gasteiger partial charge in [-0.15, -0.1) is 5.10 Å². The molecule has 1 rings (SSSR count). The number of hydrogen-bond acceptors (Lipinski definition) is 4. The minimum Gasteiger partial charge on any atom is -0.388 e. The molecule has 0 saturated carbocycles. The molecule has 0 atom stereocenters. The number of aryl methyl sites for hydroxylation is 1. The Morgan fingerprint density at radius 2 is 2.00 bits per heavy atom. The Hall–Kier alpha value is -1.43. The van der Waals surface area contributed by atoms with E-state index in [9.17, 15) is 9.90 Å². The molecule has 0 radical (unpaired) electrons. The Morgan fingerprint density at radius 3 is 2.41 bits per heavy atom. The highest BCUT2D eigenvalue weighted by Gasteiger charge is 2.37. The second-order valence-electron chi connectivity index (χ2n) is 5.10. The van der Waals surface area contributed by atoms with Gasteiger partial charge in [-0.1, -0.05) is 6.92 Å². The third-order valence-electron chi connectivity index (χ3n) is 3.03. The van der Waals surface area contributed by atoms with Crippen molar-refractivity contribution in [1.82, 2.24) is 20.5 Å². The maximum absolute atomic E-state index is 11.9. The highest BCUT2D eigenvalue weighted by Crippen LogP contribution is 2.20. The van der Waals surface area contributed by atoms with E-state index in [-0.39, 0.29) is 5.82 Å². The van der Waals surface area contributed by atoms with E-state index in [4.69, 9.17) is 0 Å². The van der Waals surface area contributed by atoms with E-state index in [1.807, 2.05) is 6.92 Å². The Kier molecular flexibility index (Phi) is 3.56. The number of carbonyl (C=O) groups is 1. The van der Waals surface area contributed by atoms with Crippen molar-refractivity contribution in [3.05, 3.63) is 11.6 Å². The lowest BCUT2D eigenvalue weighted by molar-refractivity contribution is -0.00312.